The van der Waals surface area contributed by atoms with Crippen molar-refractivity contribution in [1.29, 1.82) is 0 Å². The van der Waals surface area contributed by atoms with Gasteiger partial charge in [-0.1, -0.05) is 47.5 Å². The van der Waals surface area contributed by atoms with Crippen LogP contribution in [0.15, 0.2) is 42.5 Å². The number of rotatable bonds is 11. The third-order valence-electron chi connectivity index (χ3n) is 5.72. The monoisotopic (exact) mass is 532 g/mol. The van der Waals surface area contributed by atoms with E-state index in [4.69, 9.17) is 32.7 Å². The number of carbonyl (C=O) groups is 2. The maximum absolute atomic E-state index is 12.0. The molecule has 2 amide bonds. The van der Waals surface area contributed by atoms with Crippen LogP contribution in [-0.4, -0.2) is 51.3 Å². The minimum Gasteiger partial charge on any atom is -0.385 e. The van der Waals surface area contributed by atoms with Crippen LogP contribution < -0.4 is 10.6 Å². The van der Waals surface area contributed by atoms with Gasteiger partial charge in [0.05, 0.1) is 27.8 Å². The van der Waals surface area contributed by atoms with Gasteiger partial charge in [0, 0.05) is 32.9 Å². The van der Waals surface area contributed by atoms with Crippen molar-refractivity contribution in [2.24, 2.45) is 0 Å². The zero-order valence-electron chi connectivity index (χ0n) is 20.8. The maximum atomic E-state index is 12.0. The number of nitrogens with one attached hydrogen (secondary N) is 2. The minimum atomic E-state index is -0.0931. The van der Waals surface area contributed by atoms with Crippen LogP contribution in [0.4, 0.5) is 0 Å². The summed E-state index contributed by atoms with van der Waals surface area (Å²) >= 11 is 12.1. The number of hydrogen-bond acceptors (Lipinski definition) is 4. The number of methoxy groups -OCH3 is 2. The molecule has 2 aromatic carbocycles. The molecule has 0 atom stereocenters. The summed E-state index contributed by atoms with van der Waals surface area (Å²) in [6.07, 6.45) is 9.94. The van der Waals surface area contributed by atoms with Gasteiger partial charge in [0.2, 0.25) is 0 Å². The standard InChI is InChI=1S/C14H18ClNO2.C14H16ClNO2/c2*1-18-8-2-3-10-4-7-13(15)12(9-10)14(17)16-11-5-6-11/h4,7,9,11H,2-3,5-6,8H2,1H3,(H,16,17);2-4,7,9,11H,5-6,8H2,1H3,(H,16,17). The predicted molar refractivity (Wildman–Crippen MR) is 145 cm³/mol. The van der Waals surface area contributed by atoms with Crippen LogP contribution in [0.1, 0.15) is 63.9 Å². The van der Waals surface area contributed by atoms with Crippen molar-refractivity contribution in [1.82, 2.24) is 10.6 Å². The average Bonchev–Trinajstić information content (AvgIpc) is 3.79. The molecule has 2 aliphatic rings. The molecule has 2 N–H and O–H groups in total. The van der Waals surface area contributed by atoms with E-state index in [0.717, 1.165) is 56.3 Å². The third kappa shape index (κ3) is 9.58. The summed E-state index contributed by atoms with van der Waals surface area (Å²) in [5, 5.41) is 6.89. The zero-order valence-corrected chi connectivity index (χ0v) is 22.3. The van der Waals surface area contributed by atoms with Crippen LogP contribution in [-0.2, 0) is 15.9 Å². The molecule has 0 aromatic heterocycles. The number of benzene rings is 2. The van der Waals surface area contributed by atoms with Gasteiger partial charge in [-0.2, -0.15) is 0 Å². The highest BCUT2D eigenvalue weighted by Gasteiger charge is 2.25. The van der Waals surface area contributed by atoms with Crippen molar-refractivity contribution in [3.05, 3.63) is 74.8 Å². The predicted octanol–water partition coefficient (Wildman–Crippen LogP) is 5.70. The SMILES string of the molecule is COCC=Cc1ccc(Cl)c(C(=O)NC2CC2)c1.COCCCc1ccc(Cl)c(C(=O)NC2CC2)c1. The average molecular weight is 533 g/mol. The van der Waals surface area contributed by atoms with Gasteiger partial charge in [0.15, 0.2) is 0 Å². The van der Waals surface area contributed by atoms with Crippen LogP contribution in [0.5, 0.6) is 0 Å². The summed E-state index contributed by atoms with van der Waals surface area (Å²) in [6.45, 7) is 1.28. The van der Waals surface area contributed by atoms with Crippen LogP contribution in [0.25, 0.3) is 6.08 Å². The van der Waals surface area contributed by atoms with Gasteiger partial charge in [0.25, 0.3) is 11.8 Å². The lowest BCUT2D eigenvalue weighted by atomic mass is 10.1. The molecule has 0 unspecified atom stereocenters. The van der Waals surface area contributed by atoms with Crippen LogP contribution in [0, 0.1) is 0 Å². The number of halogens is 2. The number of aryl methyl sites for hydroxylation is 1. The van der Waals surface area contributed by atoms with E-state index in [-0.39, 0.29) is 11.8 Å². The van der Waals surface area contributed by atoms with Crippen molar-refractivity contribution in [3.63, 3.8) is 0 Å². The Morgan fingerprint density at radius 1 is 0.889 bits per heavy atom. The van der Waals surface area contributed by atoms with E-state index in [1.54, 1.807) is 32.4 Å². The number of hydrogen-bond donors (Lipinski definition) is 2. The van der Waals surface area contributed by atoms with E-state index in [0.29, 0.717) is 39.9 Å². The first-order valence-corrected chi connectivity index (χ1v) is 13.0. The van der Waals surface area contributed by atoms with Gasteiger partial charge in [-0.3, -0.25) is 9.59 Å². The fraction of sp³-hybridized carbons (Fsp3) is 0.429. The Morgan fingerprint density at radius 2 is 1.47 bits per heavy atom. The molecule has 2 aliphatic carbocycles. The normalized spacial score (nSPS) is 14.8. The topological polar surface area (TPSA) is 76.7 Å². The highest BCUT2D eigenvalue weighted by molar-refractivity contribution is 6.34. The lowest BCUT2D eigenvalue weighted by Crippen LogP contribution is -2.25. The zero-order chi connectivity index (χ0) is 25.9. The molecule has 2 aromatic rings. The molecule has 0 spiro atoms. The molecule has 0 radical (unpaired) electrons. The Hall–Kier alpha value is -2.38. The first-order chi connectivity index (χ1) is 17.4. The van der Waals surface area contributed by atoms with Crippen LogP contribution in [0.3, 0.4) is 0 Å². The van der Waals surface area contributed by atoms with Crippen molar-refractivity contribution in [2.75, 3.05) is 27.4 Å². The molecule has 2 saturated carbocycles. The van der Waals surface area contributed by atoms with Gasteiger partial charge < -0.3 is 20.1 Å². The summed E-state index contributed by atoms with van der Waals surface area (Å²) in [5.74, 6) is -0.152. The van der Waals surface area contributed by atoms with E-state index in [1.807, 2.05) is 30.4 Å². The van der Waals surface area contributed by atoms with E-state index in [2.05, 4.69) is 10.6 Å². The smallest absolute Gasteiger partial charge is 0.253 e. The van der Waals surface area contributed by atoms with E-state index < -0.39 is 0 Å². The second-order valence-electron chi connectivity index (χ2n) is 9.00. The van der Waals surface area contributed by atoms with Crippen LogP contribution >= 0.6 is 23.2 Å². The molecule has 0 aliphatic heterocycles. The highest BCUT2D eigenvalue weighted by Crippen LogP contribution is 2.24. The Morgan fingerprint density at radius 3 is 2.03 bits per heavy atom. The Kier molecular flexibility index (Phi) is 11.3. The fourth-order valence-electron chi connectivity index (χ4n) is 3.41. The van der Waals surface area contributed by atoms with Crippen molar-refractivity contribution >= 4 is 41.1 Å². The Labute approximate surface area is 223 Å². The summed E-state index contributed by atoms with van der Waals surface area (Å²) < 4.78 is 9.95. The highest BCUT2D eigenvalue weighted by atomic mass is 35.5. The maximum Gasteiger partial charge on any atom is 0.253 e. The molecule has 4 rings (SSSR count). The Bertz CT molecular complexity index is 1070. The van der Waals surface area contributed by atoms with E-state index in [9.17, 15) is 9.59 Å². The van der Waals surface area contributed by atoms with Gasteiger partial charge in [-0.25, -0.2) is 0 Å². The molecule has 194 valence electrons. The summed E-state index contributed by atoms with van der Waals surface area (Å²) in [4.78, 5) is 23.9. The van der Waals surface area contributed by atoms with Gasteiger partial charge in [-0.05, 0) is 73.9 Å². The first-order valence-electron chi connectivity index (χ1n) is 12.3. The largest absolute Gasteiger partial charge is 0.385 e. The molecule has 8 heteroatoms. The Balaban J connectivity index is 0.000000201. The molecule has 0 saturated heterocycles. The molecular weight excluding hydrogens is 499 g/mol. The van der Waals surface area contributed by atoms with Crippen molar-refractivity contribution in [3.8, 4) is 0 Å². The summed E-state index contributed by atoms with van der Waals surface area (Å²) in [6, 6.07) is 11.8. The van der Waals surface area contributed by atoms with Crippen LogP contribution in [0.2, 0.25) is 10.0 Å². The second kappa shape index (κ2) is 14.4. The van der Waals surface area contributed by atoms with Crippen molar-refractivity contribution in [2.45, 2.75) is 50.6 Å². The van der Waals surface area contributed by atoms with E-state index in [1.165, 1.54) is 0 Å². The van der Waals surface area contributed by atoms with Gasteiger partial charge in [-0.15, -0.1) is 0 Å². The fourth-order valence-corrected chi connectivity index (χ4v) is 3.81. The second-order valence-corrected chi connectivity index (χ2v) is 9.82. The third-order valence-corrected chi connectivity index (χ3v) is 6.38. The molecule has 2 fully saturated rings. The molecular formula is C28H34Cl2N2O4. The number of ether oxygens (including phenoxy) is 2. The molecule has 6 nitrogen and oxygen atoms in total. The molecule has 36 heavy (non-hydrogen) atoms. The minimum absolute atomic E-state index is 0.0592. The number of amides is 2. The summed E-state index contributed by atoms with van der Waals surface area (Å²) in [7, 11) is 3.33. The van der Waals surface area contributed by atoms with Crippen molar-refractivity contribution < 1.29 is 19.1 Å². The first kappa shape index (κ1) is 28.2. The number of carbonyl (C=O) groups excluding carboxylic acids is 2. The summed E-state index contributed by atoms with van der Waals surface area (Å²) in [5.41, 5.74) is 3.18. The lowest BCUT2D eigenvalue weighted by Gasteiger charge is -2.08. The lowest BCUT2D eigenvalue weighted by molar-refractivity contribution is 0.0942. The van der Waals surface area contributed by atoms with Gasteiger partial charge >= 0.3 is 0 Å². The quantitative estimate of drug-likeness (QED) is 0.363. The molecule has 0 heterocycles. The van der Waals surface area contributed by atoms with Gasteiger partial charge in [0.1, 0.15) is 0 Å². The molecule has 0 bridgehead atoms. The van der Waals surface area contributed by atoms with E-state index >= 15 is 0 Å².